The van der Waals surface area contributed by atoms with Gasteiger partial charge in [0.15, 0.2) is 0 Å². The number of para-hydroxylation sites is 2. The van der Waals surface area contributed by atoms with Crippen LogP contribution in [-0.4, -0.2) is 25.2 Å². The second kappa shape index (κ2) is 6.57. The fourth-order valence-electron chi connectivity index (χ4n) is 1.95. The fraction of sp³-hybridized carbons (Fsp3) is 0.533. The Morgan fingerprint density at radius 1 is 1.47 bits per heavy atom. The Hall–Kier alpha value is -1.55. The molecule has 0 spiro atoms. The lowest BCUT2D eigenvalue weighted by Gasteiger charge is -2.15. The topological polar surface area (TPSA) is 47.6 Å². The van der Waals surface area contributed by atoms with Crippen molar-refractivity contribution in [3.05, 3.63) is 24.3 Å². The molecule has 4 heteroatoms. The van der Waals surface area contributed by atoms with Crippen LogP contribution in [0.2, 0.25) is 0 Å². The predicted octanol–water partition coefficient (Wildman–Crippen LogP) is 2.84. The molecule has 19 heavy (non-hydrogen) atoms. The van der Waals surface area contributed by atoms with E-state index in [9.17, 15) is 4.79 Å². The molecule has 1 N–H and O–H groups in total. The number of nitrogens with one attached hydrogen (secondary N) is 1. The Morgan fingerprint density at radius 3 is 2.95 bits per heavy atom. The van der Waals surface area contributed by atoms with Gasteiger partial charge in [-0.25, -0.2) is 0 Å². The summed E-state index contributed by atoms with van der Waals surface area (Å²) in [6.07, 6.45) is 1.42. The molecule has 1 aromatic rings. The van der Waals surface area contributed by atoms with Crippen molar-refractivity contribution < 1.29 is 14.3 Å². The quantitative estimate of drug-likeness (QED) is 0.888. The van der Waals surface area contributed by atoms with E-state index in [-0.39, 0.29) is 12.0 Å². The van der Waals surface area contributed by atoms with Crippen molar-refractivity contribution in [3.63, 3.8) is 0 Å². The zero-order valence-electron chi connectivity index (χ0n) is 11.5. The average molecular weight is 263 g/mol. The molecule has 0 saturated carbocycles. The predicted molar refractivity (Wildman–Crippen MR) is 74.4 cm³/mol. The molecule has 1 amide bonds. The van der Waals surface area contributed by atoms with E-state index in [1.54, 1.807) is 0 Å². The Labute approximate surface area is 114 Å². The highest BCUT2D eigenvalue weighted by Gasteiger charge is 2.24. The van der Waals surface area contributed by atoms with Crippen molar-refractivity contribution >= 4 is 11.6 Å². The van der Waals surface area contributed by atoms with Crippen molar-refractivity contribution in [2.75, 3.05) is 18.5 Å². The summed E-state index contributed by atoms with van der Waals surface area (Å²) in [5, 5.41) is 2.89. The maximum Gasteiger partial charge on any atom is 0.253 e. The van der Waals surface area contributed by atoms with Gasteiger partial charge in [-0.1, -0.05) is 26.0 Å². The third-order valence-electron chi connectivity index (χ3n) is 2.94. The van der Waals surface area contributed by atoms with Gasteiger partial charge in [-0.3, -0.25) is 4.79 Å². The molecule has 1 aromatic carbocycles. The first-order chi connectivity index (χ1) is 9.16. The fourth-order valence-corrected chi connectivity index (χ4v) is 1.95. The Morgan fingerprint density at radius 2 is 2.26 bits per heavy atom. The number of carbonyl (C=O) groups is 1. The van der Waals surface area contributed by atoms with Crippen LogP contribution in [0.3, 0.4) is 0 Å². The minimum atomic E-state index is -0.321. The molecule has 1 aliphatic rings. The highest BCUT2D eigenvalue weighted by atomic mass is 16.5. The SMILES string of the molecule is CC(C)COc1ccccc1NC(=O)[C@@H]1CCCO1. The van der Waals surface area contributed by atoms with Crippen LogP contribution < -0.4 is 10.1 Å². The van der Waals surface area contributed by atoms with Crippen molar-refractivity contribution in [3.8, 4) is 5.75 Å². The van der Waals surface area contributed by atoms with E-state index in [2.05, 4.69) is 19.2 Å². The highest BCUT2D eigenvalue weighted by Crippen LogP contribution is 2.25. The van der Waals surface area contributed by atoms with Crippen LogP contribution in [0, 0.1) is 5.92 Å². The van der Waals surface area contributed by atoms with Crippen LogP contribution >= 0.6 is 0 Å². The largest absolute Gasteiger partial charge is 0.491 e. The van der Waals surface area contributed by atoms with E-state index in [0.717, 1.165) is 12.8 Å². The van der Waals surface area contributed by atoms with E-state index in [0.29, 0.717) is 30.6 Å². The molecule has 1 atom stereocenters. The Kier molecular flexibility index (Phi) is 4.80. The smallest absolute Gasteiger partial charge is 0.253 e. The first-order valence-corrected chi connectivity index (χ1v) is 6.81. The van der Waals surface area contributed by atoms with Gasteiger partial charge >= 0.3 is 0 Å². The van der Waals surface area contributed by atoms with Gasteiger partial charge in [0.05, 0.1) is 12.3 Å². The molecule has 0 aliphatic carbocycles. The molecule has 2 rings (SSSR count). The number of carbonyl (C=O) groups excluding carboxylic acids is 1. The molecule has 1 fully saturated rings. The number of hydrogen-bond donors (Lipinski definition) is 1. The molecule has 4 nitrogen and oxygen atoms in total. The summed E-state index contributed by atoms with van der Waals surface area (Å²) in [7, 11) is 0. The molecule has 0 aromatic heterocycles. The average Bonchev–Trinajstić information content (AvgIpc) is 2.91. The van der Waals surface area contributed by atoms with Gasteiger partial charge in [0.1, 0.15) is 11.9 Å². The van der Waals surface area contributed by atoms with E-state index in [1.807, 2.05) is 24.3 Å². The van der Waals surface area contributed by atoms with Crippen LogP contribution in [0.5, 0.6) is 5.75 Å². The number of amides is 1. The van der Waals surface area contributed by atoms with Gasteiger partial charge in [0.25, 0.3) is 5.91 Å². The minimum Gasteiger partial charge on any atom is -0.491 e. The summed E-state index contributed by atoms with van der Waals surface area (Å²) in [5.41, 5.74) is 0.712. The van der Waals surface area contributed by atoms with Crippen molar-refractivity contribution in [2.45, 2.75) is 32.8 Å². The molecule has 1 saturated heterocycles. The van der Waals surface area contributed by atoms with Gasteiger partial charge in [0, 0.05) is 6.61 Å². The Bertz CT molecular complexity index is 425. The number of anilines is 1. The first-order valence-electron chi connectivity index (χ1n) is 6.81. The van der Waals surface area contributed by atoms with Crippen LogP contribution in [-0.2, 0) is 9.53 Å². The van der Waals surface area contributed by atoms with Crippen LogP contribution in [0.15, 0.2) is 24.3 Å². The molecule has 0 bridgehead atoms. The maximum absolute atomic E-state index is 12.0. The van der Waals surface area contributed by atoms with Crippen molar-refractivity contribution in [1.29, 1.82) is 0 Å². The number of rotatable bonds is 5. The third kappa shape index (κ3) is 3.96. The number of benzene rings is 1. The molecule has 1 heterocycles. The van der Waals surface area contributed by atoms with Gasteiger partial charge in [-0.05, 0) is 30.9 Å². The van der Waals surface area contributed by atoms with Crippen LogP contribution in [0.4, 0.5) is 5.69 Å². The summed E-state index contributed by atoms with van der Waals surface area (Å²) < 4.78 is 11.1. The molecule has 0 radical (unpaired) electrons. The zero-order chi connectivity index (χ0) is 13.7. The number of ether oxygens (including phenoxy) is 2. The summed E-state index contributed by atoms with van der Waals surface area (Å²) in [4.78, 5) is 12.0. The minimum absolute atomic E-state index is 0.0851. The van der Waals surface area contributed by atoms with Crippen molar-refractivity contribution in [1.82, 2.24) is 0 Å². The summed E-state index contributed by atoms with van der Waals surface area (Å²) in [5.74, 6) is 1.07. The maximum atomic E-state index is 12.0. The van der Waals surface area contributed by atoms with E-state index in [1.165, 1.54) is 0 Å². The van der Waals surface area contributed by atoms with Gasteiger partial charge in [0.2, 0.25) is 0 Å². The summed E-state index contributed by atoms with van der Waals surface area (Å²) in [6, 6.07) is 7.50. The van der Waals surface area contributed by atoms with Gasteiger partial charge < -0.3 is 14.8 Å². The van der Waals surface area contributed by atoms with Gasteiger partial charge in [-0.2, -0.15) is 0 Å². The molecule has 104 valence electrons. The van der Waals surface area contributed by atoms with E-state index >= 15 is 0 Å². The normalized spacial score (nSPS) is 18.6. The molecule has 1 aliphatic heterocycles. The van der Waals surface area contributed by atoms with Gasteiger partial charge in [-0.15, -0.1) is 0 Å². The molecule has 0 unspecified atom stereocenters. The van der Waals surface area contributed by atoms with Crippen molar-refractivity contribution in [2.24, 2.45) is 5.92 Å². The van der Waals surface area contributed by atoms with Crippen LogP contribution in [0.1, 0.15) is 26.7 Å². The second-order valence-corrected chi connectivity index (χ2v) is 5.19. The standard InChI is InChI=1S/C15H21NO3/c1-11(2)10-19-13-7-4-3-6-12(13)16-15(17)14-8-5-9-18-14/h3-4,6-7,11,14H,5,8-10H2,1-2H3,(H,16,17)/t14-/m0/s1. The molecular formula is C15H21NO3. The monoisotopic (exact) mass is 263 g/mol. The lowest BCUT2D eigenvalue weighted by Crippen LogP contribution is -2.27. The second-order valence-electron chi connectivity index (χ2n) is 5.19. The van der Waals surface area contributed by atoms with E-state index < -0.39 is 0 Å². The molecular weight excluding hydrogens is 242 g/mol. The number of hydrogen-bond acceptors (Lipinski definition) is 3. The van der Waals surface area contributed by atoms with Crippen LogP contribution in [0.25, 0.3) is 0 Å². The lowest BCUT2D eigenvalue weighted by molar-refractivity contribution is -0.124. The Balaban J connectivity index is 2.00. The lowest BCUT2D eigenvalue weighted by atomic mass is 10.2. The summed E-state index contributed by atoms with van der Waals surface area (Å²) >= 11 is 0. The summed E-state index contributed by atoms with van der Waals surface area (Å²) in [6.45, 7) is 5.48. The highest BCUT2D eigenvalue weighted by molar-refractivity contribution is 5.95. The zero-order valence-corrected chi connectivity index (χ0v) is 11.5. The third-order valence-corrected chi connectivity index (χ3v) is 2.94. The first kappa shape index (κ1) is 13.9. The van der Waals surface area contributed by atoms with E-state index in [4.69, 9.17) is 9.47 Å².